The minimum absolute atomic E-state index is 0.0494. The lowest BCUT2D eigenvalue weighted by molar-refractivity contribution is 0.0839. The summed E-state index contributed by atoms with van der Waals surface area (Å²) in [7, 11) is 0. The Bertz CT molecular complexity index is 634. The first-order valence-electron chi connectivity index (χ1n) is 8.60. The van der Waals surface area contributed by atoms with Crippen LogP contribution < -0.4 is 5.32 Å². The van der Waals surface area contributed by atoms with Crippen LogP contribution in [0.5, 0.6) is 0 Å². The normalized spacial score (nSPS) is 22.5. The van der Waals surface area contributed by atoms with Gasteiger partial charge in [-0.1, -0.05) is 5.92 Å². The lowest BCUT2D eigenvalue weighted by Gasteiger charge is -2.29. The summed E-state index contributed by atoms with van der Waals surface area (Å²) in [6.07, 6.45) is 12.2. The fourth-order valence-electron chi connectivity index (χ4n) is 3.40. The molecule has 2 amide bonds. The molecule has 24 heavy (non-hydrogen) atoms. The van der Waals surface area contributed by atoms with Gasteiger partial charge in [0.15, 0.2) is 0 Å². The molecule has 1 fully saturated rings. The number of nitrogens with zero attached hydrogens (tertiary/aromatic N) is 3. The van der Waals surface area contributed by atoms with Crippen molar-refractivity contribution in [1.82, 2.24) is 20.2 Å². The van der Waals surface area contributed by atoms with E-state index < -0.39 is 0 Å². The first kappa shape index (κ1) is 16.7. The number of amides is 2. The second-order valence-electron chi connectivity index (χ2n) is 6.43. The highest BCUT2D eigenvalue weighted by Gasteiger charge is 2.27. The number of rotatable bonds is 4. The van der Waals surface area contributed by atoms with Crippen molar-refractivity contribution in [1.29, 1.82) is 0 Å². The van der Waals surface area contributed by atoms with Gasteiger partial charge in [0.05, 0.1) is 18.7 Å². The van der Waals surface area contributed by atoms with Crippen LogP contribution in [0.2, 0.25) is 0 Å². The second kappa shape index (κ2) is 7.63. The van der Waals surface area contributed by atoms with Crippen molar-refractivity contribution < 1.29 is 9.53 Å². The highest BCUT2D eigenvalue weighted by molar-refractivity contribution is 5.75. The fraction of sp³-hybridized carbons (Fsp3) is 0.611. The molecule has 2 atom stereocenters. The minimum atomic E-state index is -0.137. The summed E-state index contributed by atoms with van der Waals surface area (Å²) in [5.41, 5.74) is 2.07. The van der Waals surface area contributed by atoms with Gasteiger partial charge in [-0.15, -0.1) is 6.42 Å². The Balaban J connectivity index is 1.68. The van der Waals surface area contributed by atoms with Crippen LogP contribution in [-0.2, 0) is 11.2 Å². The third-order valence-electron chi connectivity index (χ3n) is 4.62. The van der Waals surface area contributed by atoms with Gasteiger partial charge in [-0.25, -0.2) is 14.8 Å². The Hall–Kier alpha value is -2.13. The number of nitrogens with one attached hydrogen (secondary N) is 1. The lowest BCUT2D eigenvalue weighted by Crippen LogP contribution is -2.45. The number of aryl methyl sites for hydroxylation is 2. The Labute approximate surface area is 143 Å². The Morgan fingerprint density at radius 3 is 3.12 bits per heavy atom. The van der Waals surface area contributed by atoms with E-state index in [2.05, 4.69) is 21.2 Å². The number of urea groups is 1. The molecule has 0 radical (unpaired) electrons. The van der Waals surface area contributed by atoms with E-state index in [1.54, 1.807) is 4.90 Å². The molecular formula is C18H24N4O2. The van der Waals surface area contributed by atoms with Gasteiger partial charge in [-0.2, -0.15) is 0 Å². The number of terminal acetylenes is 1. The molecule has 2 unspecified atom stereocenters. The standard InChI is InChI=1S/C18H24N4O2/c1-3-9-22(12-14-6-5-10-24-14)18(23)21-17-8-4-7-16-15(17)11-19-13(2)20-16/h1,11,14,17H,4-10,12H2,2H3,(H,21,23). The predicted molar refractivity (Wildman–Crippen MR) is 90.4 cm³/mol. The maximum Gasteiger partial charge on any atom is 0.318 e. The van der Waals surface area contributed by atoms with Crippen LogP contribution in [0.3, 0.4) is 0 Å². The van der Waals surface area contributed by atoms with Gasteiger partial charge in [0.1, 0.15) is 5.82 Å². The summed E-state index contributed by atoms with van der Waals surface area (Å²) < 4.78 is 5.63. The molecule has 1 aromatic heterocycles. The van der Waals surface area contributed by atoms with Gasteiger partial charge in [-0.05, 0) is 39.0 Å². The Morgan fingerprint density at radius 2 is 2.38 bits per heavy atom. The number of ether oxygens (including phenoxy) is 1. The number of hydrogen-bond acceptors (Lipinski definition) is 4. The summed E-state index contributed by atoms with van der Waals surface area (Å²) >= 11 is 0. The third-order valence-corrected chi connectivity index (χ3v) is 4.62. The number of aromatic nitrogens is 2. The summed E-state index contributed by atoms with van der Waals surface area (Å²) in [5, 5.41) is 3.11. The van der Waals surface area contributed by atoms with Gasteiger partial charge >= 0.3 is 6.03 Å². The first-order chi connectivity index (χ1) is 11.7. The van der Waals surface area contributed by atoms with Crippen molar-refractivity contribution in [2.24, 2.45) is 0 Å². The van der Waals surface area contributed by atoms with Gasteiger partial charge in [-0.3, -0.25) is 0 Å². The zero-order valence-electron chi connectivity index (χ0n) is 14.1. The number of fused-ring (bicyclic) bond motifs is 1. The van der Waals surface area contributed by atoms with Crippen LogP contribution >= 0.6 is 0 Å². The largest absolute Gasteiger partial charge is 0.376 e. The average molecular weight is 328 g/mol. The SMILES string of the molecule is C#CCN(CC1CCCO1)C(=O)NC1CCCc2nc(C)ncc21. The van der Waals surface area contributed by atoms with Gasteiger partial charge in [0, 0.05) is 30.6 Å². The maximum atomic E-state index is 12.7. The van der Waals surface area contributed by atoms with Crippen molar-refractivity contribution in [2.45, 2.75) is 51.2 Å². The molecule has 2 aliphatic rings. The van der Waals surface area contributed by atoms with Gasteiger partial charge in [0.2, 0.25) is 0 Å². The van der Waals surface area contributed by atoms with Crippen LogP contribution in [0.25, 0.3) is 0 Å². The zero-order chi connectivity index (χ0) is 16.9. The molecule has 2 heterocycles. The van der Waals surface area contributed by atoms with Crippen molar-refractivity contribution in [2.75, 3.05) is 19.7 Å². The van der Waals surface area contributed by atoms with Crippen molar-refractivity contribution in [3.8, 4) is 12.3 Å². The Morgan fingerprint density at radius 1 is 1.50 bits per heavy atom. The lowest BCUT2D eigenvalue weighted by atomic mass is 9.92. The molecule has 6 nitrogen and oxygen atoms in total. The molecule has 1 N–H and O–H groups in total. The summed E-state index contributed by atoms with van der Waals surface area (Å²) in [4.78, 5) is 23.1. The summed E-state index contributed by atoms with van der Waals surface area (Å²) in [6, 6.07) is -0.187. The molecule has 3 rings (SSSR count). The van der Waals surface area contributed by atoms with Crippen LogP contribution in [-0.4, -0.2) is 46.7 Å². The molecule has 0 spiro atoms. The van der Waals surface area contributed by atoms with Crippen LogP contribution in [0.4, 0.5) is 4.79 Å². The van der Waals surface area contributed by atoms with E-state index in [9.17, 15) is 4.79 Å². The van der Waals surface area contributed by atoms with Crippen molar-refractivity contribution in [3.05, 3.63) is 23.3 Å². The molecule has 0 bridgehead atoms. The highest BCUT2D eigenvalue weighted by Crippen LogP contribution is 2.28. The van der Waals surface area contributed by atoms with E-state index in [-0.39, 0.29) is 24.7 Å². The van der Waals surface area contributed by atoms with Crippen molar-refractivity contribution in [3.63, 3.8) is 0 Å². The molecule has 1 saturated heterocycles. The van der Waals surface area contributed by atoms with E-state index in [0.29, 0.717) is 6.54 Å². The summed E-state index contributed by atoms with van der Waals surface area (Å²) in [6.45, 7) is 3.48. The van der Waals surface area contributed by atoms with E-state index in [1.807, 2.05) is 13.1 Å². The van der Waals surface area contributed by atoms with Crippen molar-refractivity contribution >= 4 is 6.03 Å². The topological polar surface area (TPSA) is 67.3 Å². The molecule has 1 aliphatic heterocycles. The second-order valence-corrected chi connectivity index (χ2v) is 6.43. The fourth-order valence-corrected chi connectivity index (χ4v) is 3.40. The van der Waals surface area contributed by atoms with Crippen LogP contribution in [0, 0.1) is 19.3 Å². The van der Waals surface area contributed by atoms with Crippen LogP contribution in [0.15, 0.2) is 6.20 Å². The van der Waals surface area contributed by atoms with E-state index in [1.165, 1.54) is 0 Å². The molecule has 1 aliphatic carbocycles. The first-order valence-corrected chi connectivity index (χ1v) is 8.60. The third kappa shape index (κ3) is 3.85. The molecular weight excluding hydrogens is 304 g/mol. The zero-order valence-corrected chi connectivity index (χ0v) is 14.1. The average Bonchev–Trinajstić information content (AvgIpc) is 3.07. The molecule has 1 aromatic rings. The minimum Gasteiger partial charge on any atom is -0.376 e. The van der Waals surface area contributed by atoms with Crippen LogP contribution in [0.1, 0.15) is 48.8 Å². The molecule has 128 valence electrons. The molecule has 0 saturated carbocycles. The monoisotopic (exact) mass is 328 g/mol. The van der Waals surface area contributed by atoms with Gasteiger partial charge in [0.25, 0.3) is 0 Å². The van der Waals surface area contributed by atoms with E-state index in [4.69, 9.17) is 11.2 Å². The molecule has 0 aromatic carbocycles. The highest BCUT2D eigenvalue weighted by atomic mass is 16.5. The summed E-state index contributed by atoms with van der Waals surface area (Å²) in [5.74, 6) is 3.34. The van der Waals surface area contributed by atoms with E-state index >= 15 is 0 Å². The maximum absolute atomic E-state index is 12.7. The number of hydrogen-bond donors (Lipinski definition) is 1. The Kier molecular flexibility index (Phi) is 5.31. The van der Waals surface area contributed by atoms with Gasteiger partial charge < -0.3 is 15.0 Å². The smallest absolute Gasteiger partial charge is 0.318 e. The molecule has 6 heteroatoms. The quantitative estimate of drug-likeness (QED) is 0.858. The number of carbonyl (C=O) groups excluding carboxylic acids is 1. The number of carbonyl (C=O) groups is 1. The van der Waals surface area contributed by atoms with E-state index in [0.717, 1.165) is 55.8 Å². The predicted octanol–water partition coefficient (Wildman–Crippen LogP) is 1.99.